The summed E-state index contributed by atoms with van der Waals surface area (Å²) in [7, 11) is 0. The second-order valence-corrected chi connectivity index (χ2v) is 7.69. The topological polar surface area (TPSA) is 50.9 Å². The standard InChI is InChI=1S/C15H19Cl2N3S/c1-15(2,3)12-8-21-13(19-12)7-11(20-18)14-9(16)5-4-6-10(14)17/h4-6,8,11,20H,7,18H2,1-3H3. The molecule has 0 radical (unpaired) electrons. The Bertz CT molecular complexity index is 599. The van der Waals surface area contributed by atoms with Gasteiger partial charge < -0.3 is 0 Å². The lowest BCUT2D eigenvalue weighted by Gasteiger charge is -2.18. The van der Waals surface area contributed by atoms with Crippen LogP contribution in [0.25, 0.3) is 0 Å². The Balaban J connectivity index is 2.26. The average Bonchev–Trinajstić information content (AvgIpc) is 2.85. The molecule has 6 heteroatoms. The van der Waals surface area contributed by atoms with Gasteiger partial charge in [0.2, 0.25) is 0 Å². The first kappa shape index (κ1) is 16.7. The highest BCUT2D eigenvalue weighted by Gasteiger charge is 2.21. The van der Waals surface area contributed by atoms with Crippen LogP contribution in [0, 0.1) is 0 Å². The second kappa shape index (κ2) is 6.63. The lowest BCUT2D eigenvalue weighted by atomic mass is 9.93. The quantitative estimate of drug-likeness (QED) is 0.634. The third-order valence-corrected chi connectivity index (χ3v) is 4.78. The molecule has 2 rings (SSSR count). The summed E-state index contributed by atoms with van der Waals surface area (Å²) < 4.78 is 0. The molecule has 0 amide bonds. The Kier molecular flexibility index (Phi) is 5.28. The minimum atomic E-state index is -0.162. The van der Waals surface area contributed by atoms with Crippen LogP contribution in [0.5, 0.6) is 0 Å². The van der Waals surface area contributed by atoms with Gasteiger partial charge in [-0.05, 0) is 12.1 Å². The minimum Gasteiger partial charge on any atom is -0.271 e. The molecule has 3 nitrogen and oxygen atoms in total. The highest BCUT2D eigenvalue weighted by Crippen LogP contribution is 2.33. The van der Waals surface area contributed by atoms with Gasteiger partial charge >= 0.3 is 0 Å². The third-order valence-electron chi connectivity index (χ3n) is 3.25. The number of hydrazine groups is 1. The molecule has 0 saturated heterocycles. The molecular formula is C15H19Cl2N3S. The molecule has 0 aliphatic rings. The van der Waals surface area contributed by atoms with Gasteiger partial charge in [0.25, 0.3) is 0 Å². The van der Waals surface area contributed by atoms with Crippen molar-refractivity contribution >= 4 is 34.5 Å². The fourth-order valence-corrected chi connectivity index (χ4v) is 3.74. The van der Waals surface area contributed by atoms with Crippen LogP contribution >= 0.6 is 34.5 Å². The smallest absolute Gasteiger partial charge is 0.0948 e. The number of nitrogens with one attached hydrogen (secondary N) is 1. The second-order valence-electron chi connectivity index (χ2n) is 5.94. The number of hydrogen-bond donors (Lipinski definition) is 2. The van der Waals surface area contributed by atoms with E-state index in [9.17, 15) is 0 Å². The number of benzene rings is 1. The number of thiazole rings is 1. The van der Waals surface area contributed by atoms with Gasteiger partial charge in [-0.3, -0.25) is 11.3 Å². The van der Waals surface area contributed by atoms with E-state index in [2.05, 4.69) is 31.6 Å². The molecule has 1 unspecified atom stereocenters. The van der Waals surface area contributed by atoms with E-state index in [1.54, 1.807) is 11.3 Å². The van der Waals surface area contributed by atoms with E-state index < -0.39 is 0 Å². The normalized spacial score (nSPS) is 13.4. The van der Waals surface area contributed by atoms with Crippen molar-refractivity contribution in [3.05, 3.63) is 49.9 Å². The van der Waals surface area contributed by atoms with Crippen molar-refractivity contribution in [3.63, 3.8) is 0 Å². The van der Waals surface area contributed by atoms with Crippen LogP contribution in [-0.2, 0) is 11.8 Å². The van der Waals surface area contributed by atoms with Gasteiger partial charge in [0, 0.05) is 32.8 Å². The fraction of sp³-hybridized carbons (Fsp3) is 0.400. The Hall–Kier alpha value is -0.650. The maximum absolute atomic E-state index is 6.25. The monoisotopic (exact) mass is 343 g/mol. The van der Waals surface area contributed by atoms with Gasteiger partial charge in [-0.25, -0.2) is 4.98 Å². The number of hydrogen-bond acceptors (Lipinski definition) is 4. The van der Waals surface area contributed by atoms with E-state index in [4.69, 9.17) is 34.0 Å². The Morgan fingerprint density at radius 3 is 2.38 bits per heavy atom. The van der Waals surface area contributed by atoms with Gasteiger partial charge in [0.15, 0.2) is 0 Å². The molecule has 0 saturated carbocycles. The van der Waals surface area contributed by atoms with E-state index in [1.165, 1.54) is 0 Å². The van der Waals surface area contributed by atoms with Crippen molar-refractivity contribution < 1.29 is 0 Å². The van der Waals surface area contributed by atoms with Crippen LogP contribution in [0.2, 0.25) is 10.0 Å². The molecule has 0 bridgehead atoms. The molecule has 114 valence electrons. The maximum atomic E-state index is 6.25. The highest BCUT2D eigenvalue weighted by atomic mass is 35.5. The molecular weight excluding hydrogens is 325 g/mol. The lowest BCUT2D eigenvalue weighted by Crippen LogP contribution is -2.30. The lowest BCUT2D eigenvalue weighted by molar-refractivity contribution is 0.541. The van der Waals surface area contributed by atoms with E-state index >= 15 is 0 Å². The van der Waals surface area contributed by atoms with E-state index in [0.717, 1.165) is 16.3 Å². The highest BCUT2D eigenvalue weighted by molar-refractivity contribution is 7.09. The summed E-state index contributed by atoms with van der Waals surface area (Å²) >= 11 is 14.1. The zero-order chi connectivity index (χ0) is 15.6. The maximum Gasteiger partial charge on any atom is 0.0948 e. The first-order valence-electron chi connectivity index (χ1n) is 6.68. The van der Waals surface area contributed by atoms with Crippen molar-refractivity contribution in [2.75, 3.05) is 0 Å². The molecule has 1 atom stereocenters. The molecule has 0 fully saturated rings. The molecule has 3 N–H and O–H groups in total. The Morgan fingerprint density at radius 1 is 1.29 bits per heavy atom. The summed E-state index contributed by atoms with van der Waals surface area (Å²) in [4.78, 5) is 4.69. The third kappa shape index (κ3) is 3.96. The van der Waals surface area contributed by atoms with Crippen molar-refractivity contribution in [3.8, 4) is 0 Å². The van der Waals surface area contributed by atoms with Crippen LogP contribution in [-0.4, -0.2) is 4.98 Å². The summed E-state index contributed by atoms with van der Waals surface area (Å²) in [6, 6.07) is 5.29. The Labute approximate surface area is 139 Å². The van der Waals surface area contributed by atoms with E-state index in [-0.39, 0.29) is 11.5 Å². The zero-order valence-electron chi connectivity index (χ0n) is 12.3. The summed E-state index contributed by atoms with van der Waals surface area (Å²) in [6.45, 7) is 6.44. The molecule has 1 aromatic carbocycles. The predicted octanol–water partition coefficient (Wildman–Crippen LogP) is 4.49. The van der Waals surface area contributed by atoms with E-state index in [0.29, 0.717) is 16.5 Å². The summed E-state index contributed by atoms with van der Waals surface area (Å²) in [5, 5.41) is 4.33. The average molecular weight is 344 g/mol. The molecule has 0 spiro atoms. The van der Waals surface area contributed by atoms with Crippen molar-refractivity contribution in [1.82, 2.24) is 10.4 Å². The molecule has 1 heterocycles. The largest absolute Gasteiger partial charge is 0.271 e. The number of aromatic nitrogens is 1. The fourth-order valence-electron chi connectivity index (χ4n) is 2.01. The number of rotatable bonds is 4. The van der Waals surface area contributed by atoms with Crippen molar-refractivity contribution in [1.29, 1.82) is 0 Å². The van der Waals surface area contributed by atoms with Crippen LogP contribution in [0.3, 0.4) is 0 Å². The number of halogens is 2. The molecule has 21 heavy (non-hydrogen) atoms. The zero-order valence-corrected chi connectivity index (χ0v) is 14.6. The first-order valence-corrected chi connectivity index (χ1v) is 8.31. The van der Waals surface area contributed by atoms with Crippen molar-refractivity contribution in [2.24, 2.45) is 5.84 Å². The van der Waals surface area contributed by atoms with Crippen LogP contribution in [0.1, 0.15) is 43.1 Å². The van der Waals surface area contributed by atoms with Crippen LogP contribution in [0.4, 0.5) is 0 Å². The number of nitrogens with two attached hydrogens (primary N) is 1. The van der Waals surface area contributed by atoms with Crippen LogP contribution in [0.15, 0.2) is 23.6 Å². The van der Waals surface area contributed by atoms with Gasteiger partial charge in [0.1, 0.15) is 0 Å². The van der Waals surface area contributed by atoms with Gasteiger partial charge in [-0.2, -0.15) is 0 Å². The van der Waals surface area contributed by atoms with Crippen LogP contribution < -0.4 is 11.3 Å². The van der Waals surface area contributed by atoms with Gasteiger partial charge in [0.05, 0.1) is 16.7 Å². The van der Waals surface area contributed by atoms with E-state index in [1.807, 2.05) is 18.2 Å². The first-order chi connectivity index (χ1) is 9.82. The molecule has 2 aromatic rings. The van der Waals surface area contributed by atoms with Gasteiger partial charge in [-0.1, -0.05) is 50.0 Å². The SMILES string of the molecule is CC(C)(C)c1csc(CC(NN)c2c(Cl)cccc2Cl)n1. The van der Waals surface area contributed by atoms with Crippen molar-refractivity contribution in [2.45, 2.75) is 38.6 Å². The van der Waals surface area contributed by atoms with Gasteiger partial charge in [-0.15, -0.1) is 11.3 Å². The summed E-state index contributed by atoms with van der Waals surface area (Å²) in [5.74, 6) is 5.69. The minimum absolute atomic E-state index is 0.0441. The molecule has 1 aromatic heterocycles. The molecule has 0 aliphatic carbocycles. The number of nitrogens with zero attached hydrogens (tertiary/aromatic N) is 1. The summed E-state index contributed by atoms with van der Waals surface area (Å²) in [6.07, 6.45) is 0.653. The molecule has 0 aliphatic heterocycles. The summed E-state index contributed by atoms with van der Waals surface area (Å²) in [5.41, 5.74) is 4.74. The predicted molar refractivity (Wildman–Crippen MR) is 91.0 cm³/mol. The Morgan fingerprint density at radius 2 is 1.90 bits per heavy atom.